The molecule has 5 heteroatoms. The number of carbonyl (C=O) groups excluding carboxylic acids is 1. The summed E-state index contributed by atoms with van der Waals surface area (Å²) in [4.78, 5) is 26.0. The minimum absolute atomic E-state index is 0.162. The van der Waals surface area contributed by atoms with E-state index in [0.29, 0.717) is 12.1 Å². The van der Waals surface area contributed by atoms with E-state index >= 15 is 0 Å². The minimum atomic E-state index is -0.963. The van der Waals surface area contributed by atoms with Crippen molar-refractivity contribution in [3.63, 3.8) is 0 Å². The summed E-state index contributed by atoms with van der Waals surface area (Å²) < 4.78 is 0. The van der Waals surface area contributed by atoms with Gasteiger partial charge in [-0.15, -0.1) is 0 Å². The van der Waals surface area contributed by atoms with Crippen LogP contribution in [0.1, 0.15) is 26.3 Å². The van der Waals surface area contributed by atoms with Gasteiger partial charge in [0.1, 0.15) is 0 Å². The third kappa shape index (κ3) is 2.83. The summed E-state index contributed by atoms with van der Waals surface area (Å²) >= 11 is 0. The lowest BCUT2D eigenvalue weighted by Crippen LogP contribution is -2.22. The monoisotopic (exact) mass is 294 g/mol. The van der Waals surface area contributed by atoms with E-state index in [4.69, 9.17) is 5.11 Å². The van der Waals surface area contributed by atoms with Gasteiger partial charge in [-0.1, -0.05) is 12.1 Å². The van der Waals surface area contributed by atoms with Crippen LogP contribution in [0.3, 0.4) is 0 Å². The second kappa shape index (κ2) is 5.73. The maximum absolute atomic E-state index is 12.1. The minimum Gasteiger partial charge on any atom is -0.478 e. The first kappa shape index (κ1) is 13.9. The van der Waals surface area contributed by atoms with Gasteiger partial charge in [0.15, 0.2) is 0 Å². The highest BCUT2D eigenvalue weighted by atomic mass is 16.4. The number of carboxylic acids is 1. The molecule has 0 atom stereocenters. The van der Waals surface area contributed by atoms with Gasteiger partial charge >= 0.3 is 5.97 Å². The first-order chi connectivity index (χ1) is 10.6. The topological polar surface area (TPSA) is 82.2 Å². The van der Waals surface area contributed by atoms with Crippen LogP contribution >= 0.6 is 0 Å². The number of benzene rings is 2. The molecular formula is C17H14N2O3. The Morgan fingerprint density at radius 1 is 1.00 bits per heavy atom. The lowest BCUT2D eigenvalue weighted by molar-refractivity contribution is 0.0696. The molecular weight excluding hydrogens is 280 g/mol. The van der Waals surface area contributed by atoms with E-state index in [1.165, 1.54) is 12.1 Å². The number of nitrogens with one attached hydrogen (secondary N) is 2. The molecule has 0 saturated heterocycles. The smallest absolute Gasteiger partial charge is 0.335 e. The van der Waals surface area contributed by atoms with Gasteiger partial charge in [0.05, 0.1) is 5.56 Å². The second-order valence-electron chi connectivity index (χ2n) is 4.96. The van der Waals surface area contributed by atoms with Crippen LogP contribution in [-0.2, 0) is 6.54 Å². The Hall–Kier alpha value is -3.08. The number of hydrogen-bond acceptors (Lipinski definition) is 2. The molecule has 2 aromatic carbocycles. The molecule has 0 spiro atoms. The highest BCUT2D eigenvalue weighted by molar-refractivity contribution is 5.98. The Morgan fingerprint density at radius 3 is 2.45 bits per heavy atom. The number of aromatic amines is 1. The zero-order chi connectivity index (χ0) is 15.5. The van der Waals surface area contributed by atoms with Crippen LogP contribution in [0.5, 0.6) is 0 Å². The fraction of sp³-hybridized carbons (Fsp3) is 0.0588. The zero-order valence-electron chi connectivity index (χ0n) is 11.7. The summed E-state index contributed by atoms with van der Waals surface area (Å²) in [6.45, 7) is 0.351. The molecule has 0 fully saturated rings. The van der Waals surface area contributed by atoms with E-state index in [1.807, 2.05) is 24.4 Å². The normalized spacial score (nSPS) is 10.5. The third-order valence-electron chi connectivity index (χ3n) is 3.47. The molecule has 1 amide bonds. The summed E-state index contributed by atoms with van der Waals surface area (Å²) in [7, 11) is 0. The number of carboxylic acid groups (broad SMARTS) is 1. The number of carbonyl (C=O) groups is 2. The van der Waals surface area contributed by atoms with Gasteiger partial charge in [-0.05, 0) is 42.0 Å². The van der Waals surface area contributed by atoms with E-state index in [-0.39, 0.29) is 11.5 Å². The number of rotatable bonds is 4. The Labute approximate surface area is 126 Å². The summed E-state index contributed by atoms with van der Waals surface area (Å²) in [6.07, 6.45) is 1.83. The van der Waals surface area contributed by atoms with Crippen molar-refractivity contribution in [2.24, 2.45) is 0 Å². The first-order valence-electron chi connectivity index (χ1n) is 6.81. The van der Waals surface area contributed by atoms with Gasteiger partial charge in [-0.2, -0.15) is 0 Å². The van der Waals surface area contributed by atoms with Crippen molar-refractivity contribution in [2.45, 2.75) is 6.54 Å². The quantitative estimate of drug-likeness (QED) is 0.692. The fourth-order valence-corrected chi connectivity index (χ4v) is 2.24. The molecule has 1 heterocycles. The van der Waals surface area contributed by atoms with Gasteiger partial charge in [-0.3, -0.25) is 4.79 Å². The Balaban J connectivity index is 1.67. The van der Waals surface area contributed by atoms with Crippen molar-refractivity contribution in [3.8, 4) is 0 Å². The van der Waals surface area contributed by atoms with Crippen LogP contribution in [0.15, 0.2) is 54.7 Å². The second-order valence-corrected chi connectivity index (χ2v) is 4.96. The average Bonchev–Trinajstić information content (AvgIpc) is 3.00. The van der Waals surface area contributed by atoms with Gasteiger partial charge in [0, 0.05) is 29.2 Å². The molecule has 0 aliphatic rings. The molecule has 110 valence electrons. The number of fused-ring (bicyclic) bond motifs is 1. The average molecular weight is 294 g/mol. The zero-order valence-corrected chi connectivity index (χ0v) is 11.7. The predicted octanol–water partition coefficient (Wildman–Crippen LogP) is 2.80. The summed E-state index contributed by atoms with van der Waals surface area (Å²) in [5, 5.41) is 12.6. The van der Waals surface area contributed by atoms with Crippen molar-refractivity contribution in [1.82, 2.24) is 10.3 Å². The van der Waals surface area contributed by atoms with Gasteiger partial charge in [0.25, 0.3) is 5.91 Å². The summed E-state index contributed by atoms with van der Waals surface area (Å²) in [5.74, 6) is -1.12. The molecule has 0 aliphatic carbocycles. The third-order valence-corrected chi connectivity index (χ3v) is 3.47. The summed E-state index contributed by atoms with van der Waals surface area (Å²) in [5.41, 5.74) is 2.66. The maximum Gasteiger partial charge on any atom is 0.335 e. The van der Waals surface area contributed by atoms with Crippen LogP contribution in [0.4, 0.5) is 0 Å². The molecule has 0 unspecified atom stereocenters. The van der Waals surface area contributed by atoms with Gasteiger partial charge in [0.2, 0.25) is 0 Å². The first-order valence-corrected chi connectivity index (χ1v) is 6.81. The molecule has 0 aliphatic heterocycles. The van der Waals surface area contributed by atoms with Crippen molar-refractivity contribution in [2.75, 3.05) is 0 Å². The fourth-order valence-electron chi connectivity index (χ4n) is 2.24. The van der Waals surface area contributed by atoms with Gasteiger partial charge < -0.3 is 15.4 Å². The highest BCUT2D eigenvalue weighted by Gasteiger charge is 2.07. The highest BCUT2D eigenvalue weighted by Crippen LogP contribution is 2.14. The van der Waals surface area contributed by atoms with Crippen LogP contribution < -0.4 is 5.32 Å². The van der Waals surface area contributed by atoms with Crippen LogP contribution in [0, 0.1) is 0 Å². The van der Waals surface area contributed by atoms with E-state index in [0.717, 1.165) is 16.5 Å². The van der Waals surface area contributed by atoms with Crippen molar-refractivity contribution in [1.29, 1.82) is 0 Å². The molecule has 0 radical (unpaired) electrons. The number of aromatic carboxylic acids is 1. The van der Waals surface area contributed by atoms with Crippen molar-refractivity contribution < 1.29 is 14.7 Å². The predicted molar refractivity (Wildman–Crippen MR) is 82.9 cm³/mol. The number of hydrogen-bond donors (Lipinski definition) is 3. The molecule has 22 heavy (non-hydrogen) atoms. The SMILES string of the molecule is O=C(O)c1ccc(CNC(=O)c2ccc3[nH]ccc3c2)cc1. The molecule has 3 rings (SSSR count). The number of H-pyrrole nitrogens is 1. The van der Waals surface area contributed by atoms with Crippen LogP contribution in [0.25, 0.3) is 10.9 Å². The molecule has 0 saturated carbocycles. The Morgan fingerprint density at radius 2 is 1.73 bits per heavy atom. The van der Waals surface area contributed by atoms with Crippen LogP contribution in [0.2, 0.25) is 0 Å². The summed E-state index contributed by atoms with van der Waals surface area (Å²) in [6, 6.07) is 13.8. The lowest BCUT2D eigenvalue weighted by atomic mass is 10.1. The Bertz CT molecular complexity index is 834. The standard InChI is InChI=1S/C17H14N2O3/c20-16(14-5-6-15-13(9-14)7-8-18-15)19-10-11-1-3-12(4-2-11)17(21)22/h1-9,18H,10H2,(H,19,20)(H,21,22). The molecule has 0 bridgehead atoms. The van der Waals surface area contributed by atoms with E-state index in [2.05, 4.69) is 10.3 Å². The van der Waals surface area contributed by atoms with Gasteiger partial charge in [-0.25, -0.2) is 4.79 Å². The number of aromatic nitrogens is 1. The maximum atomic E-state index is 12.1. The van der Waals surface area contributed by atoms with E-state index in [9.17, 15) is 9.59 Å². The molecule has 1 aromatic heterocycles. The largest absolute Gasteiger partial charge is 0.478 e. The van der Waals surface area contributed by atoms with Crippen LogP contribution in [-0.4, -0.2) is 22.0 Å². The molecule has 5 nitrogen and oxygen atoms in total. The van der Waals surface area contributed by atoms with E-state index in [1.54, 1.807) is 18.2 Å². The molecule has 3 aromatic rings. The number of amides is 1. The lowest BCUT2D eigenvalue weighted by Gasteiger charge is -2.06. The molecule has 3 N–H and O–H groups in total. The van der Waals surface area contributed by atoms with Crippen molar-refractivity contribution >= 4 is 22.8 Å². The van der Waals surface area contributed by atoms with Crippen molar-refractivity contribution in [3.05, 3.63) is 71.4 Å². The Kier molecular flexibility index (Phi) is 3.62. The van der Waals surface area contributed by atoms with E-state index < -0.39 is 5.97 Å².